The normalized spacial score (nSPS) is 14.5. The van der Waals surface area contributed by atoms with Crippen molar-refractivity contribution in [3.05, 3.63) is 81.8 Å². The molecule has 0 unspecified atom stereocenters. The van der Waals surface area contributed by atoms with Crippen molar-refractivity contribution in [3.63, 3.8) is 0 Å². The lowest BCUT2D eigenvalue weighted by Gasteiger charge is -2.19. The van der Waals surface area contributed by atoms with Crippen LogP contribution in [0.15, 0.2) is 70.7 Å². The van der Waals surface area contributed by atoms with Crippen LogP contribution in [0.25, 0.3) is 5.70 Å². The van der Waals surface area contributed by atoms with Crippen LogP contribution in [0.1, 0.15) is 5.56 Å². The number of fused-ring (bicyclic) bond motifs is 1. The monoisotopic (exact) mass is 415 g/mol. The van der Waals surface area contributed by atoms with E-state index in [4.69, 9.17) is 21.8 Å². The average molecular weight is 416 g/mol. The van der Waals surface area contributed by atoms with Gasteiger partial charge in [0.15, 0.2) is 0 Å². The highest BCUT2D eigenvalue weighted by atomic mass is 35.5. The summed E-state index contributed by atoms with van der Waals surface area (Å²) in [5.41, 5.74) is 1.58. The Balaban J connectivity index is 0.000000321. The Morgan fingerprint density at radius 3 is 2.28 bits per heavy atom. The number of carboxylic acid groups (broad SMARTS) is 2. The zero-order valence-corrected chi connectivity index (χ0v) is 16.1. The standard InChI is InChI=1S/C16H14ClN3O.C4H4O4/c1-18-15-10-20(21)16(11-5-3-2-4-6-11)13-9-12(17)7-8-14(13)19-15;5-3(6)1-2-4(7)8/h2-9,21H,10H2,1H3;1-2H,(H,5,6)(H,7,8)/b;2-1-. The molecule has 0 radical (unpaired) electrons. The van der Waals surface area contributed by atoms with Crippen molar-refractivity contribution >= 4 is 35.1 Å². The lowest BCUT2D eigenvalue weighted by Crippen LogP contribution is -2.31. The van der Waals surface area contributed by atoms with Gasteiger partial charge in [0.2, 0.25) is 0 Å². The minimum Gasteiger partial charge on any atom is -0.478 e. The number of amidine groups is 1. The fourth-order valence-electron chi connectivity index (χ4n) is 2.49. The molecule has 0 bridgehead atoms. The molecule has 0 saturated carbocycles. The summed E-state index contributed by atoms with van der Waals surface area (Å²) < 4.78 is 0. The van der Waals surface area contributed by atoms with Gasteiger partial charge in [0, 0.05) is 35.0 Å². The molecule has 0 saturated heterocycles. The van der Waals surface area contributed by atoms with Gasteiger partial charge in [-0.15, -0.1) is 0 Å². The summed E-state index contributed by atoms with van der Waals surface area (Å²) >= 11 is 6.12. The quantitative estimate of drug-likeness (QED) is 0.654. The Bertz CT molecular complexity index is 1070. The summed E-state index contributed by atoms with van der Waals surface area (Å²) in [5.74, 6) is -1.95. The Morgan fingerprint density at radius 1 is 1.10 bits per heavy atom. The van der Waals surface area contributed by atoms with Crippen molar-refractivity contribution in [2.45, 2.75) is 0 Å². The van der Waals surface area contributed by atoms with Crippen LogP contribution in [0.4, 0.5) is 0 Å². The van der Waals surface area contributed by atoms with Crippen LogP contribution < -0.4 is 10.6 Å². The second kappa shape index (κ2) is 10.2. The molecule has 8 nitrogen and oxygen atoms in total. The van der Waals surface area contributed by atoms with E-state index in [1.54, 1.807) is 13.1 Å². The number of hydrogen-bond donors (Lipinski definition) is 3. The van der Waals surface area contributed by atoms with E-state index in [0.717, 1.165) is 16.1 Å². The maximum Gasteiger partial charge on any atom is 0.328 e. The van der Waals surface area contributed by atoms with Gasteiger partial charge >= 0.3 is 11.9 Å². The Morgan fingerprint density at radius 2 is 1.72 bits per heavy atom. The number of carboxylic acids is 2. The van der Waals surface area contributed by atoms with Gasteiger partial charge < -0.3 is 10.2 Å². The second-order valence-electron chi connectivity index (χ2n) is 5.70. The molecular formula is C20H18ClN3O5. The highest BCUT2D eigenvalue weighted by Crippen LogP contribution is 2.15. The van der Waals surface area contributed by atoms with E-state index in [2.05, 4.69) is 9.98 Å². The molecule has 2 aromatic rings. The molecule has 0 atom stereocenters. The molecule has 0 spiro atoms. The Labute approximate surface area is 171 Å². The molecule has 2 aromatic carbocycles. The summed E-state index contributed by atoms with van der Waals surface area (Å²) in [6, 6.07) is 15.1. The van der Waals surface area contributed by atoms with E-state index in [-0.39, 0.29) is 6.54 Å². The first kappa shape index (κ1) is 21.8. The van der Waals surface area contributed by atoms with Gasteiger partial charge in [-0.25, -0.2) is 19.6 Å². The Kier molecular flexibility index (Phi) is 7.64. The number of benzene rings is 2. The third-order valence-corrected chi connectivity index (χ3v) is 3.92. The summed E-state index contributed by atoms with van der Waals surface area (Å²) in [6.07, 6.45) is 1.12. The first-order valence-corrected chi connectivity index (χ1v) is 8.69. The number of aliphatic imine (C=N–C) groups is 1. The summed E-state index contributed by atoms with van der Waals surface area (Å²) in [6.45, 7) is 0.229. The van der Waals surface area contributed by atoms with E-state index in [9.17, 15) is 14.8 Å². The number of nitrogens with zero attached hydrogens (tertiary/aromatic N) is 3. The van der Waals surface area contributed by atoms with Crippen LogP contribution in [0.2, 0.25) is 5.02 Å². The molecule has 0 amide bonds. The molecule has 0 fully saturated rings. The molecule has 1 heterocycles. The van der Waals surface area contributed by atoms with E-state index in [1.165, 1.54) is 5.06 Å². The number of hydrogen-bond acceptors (Lipinski definition) is 5. The van der Waals surface area contributed by atoms with E-state index >= 15 is 0 Å². The first-order valence-electron chi connectivity index (χ1n) is 8.32. The number of halogens is 1. The van der Waals surface area contributed by atoms with Gasteiger partial charge in [0.05, 0.1) is 11.1 Å². The molecule has 1 aliphatic heterocycles. The molecule has 150 valence electrons. The number of rotatable bonds is 3. The highest BCUT2D eigenvalue weighted by Gasteiger charge is 2.17. The lowest BCUT2D eigenvalue weighted by atomic mass is 10.1. The third kappa shape index (κ3) is 6.27. The van der Waals surface area contributed by atoms with Gasteiger partial charge in [0.25, 0.3) is 0 Å². The Hall–Kier alpha value is -3.49. The number of aliphatic carboxylic acids is 2. The van der Waals surface area contributed by atoms with Crippen molar-refractivity contribution in [1.82, 2.24) is 5.06 Å². The maximum absolute atomic E-state index is 10.5. The predicted octanol–water partition coefficient (Wildman–Crippen LogP) is 1.56. The smallest absolute Gasteiger partial charge is 0.328 e. The van der Waals surface area contributed by atoms with Crippen molar-refractivity contribution < 1.29 is 25.0 Å². The van der Waals surface area contributed by atoms with Gasteiger partial charge in [0.1, 0.15) is 12.4 Å². The first-order chi connectivity index (χ1) is 13.8. The molecule has 29 heavy (non-hydrogen) atoms. The highest BCUT2D eigenvalue weighted by molar-refractivity contribution is 6.30. The summed E-state index contributed by atoms with van der Waals surface area (Å²) in [4.78, 5) is 27.7. The predicted molar refractivity (Wildman–Crippen MR) is 107 cm³/mol. The second-order valence-corrected chi connectivity index (χ2v) is 6.13. The van der Waals surface area contributed by atoms with Crippen LogP contribution in [-0.2, 0) is 9.59 Å². The van der Waals surface area contributed by atoms with Gasteiger partial charge in [-0.05, 0) is 18.2 Å². The summed E-state index contributed by atoms with van der Waals surface area (Å²) in [5, 5.41) is 29.4. The topological polar surface area (TPSA) is 123 Å². The minimum absolute atomic E-state index is 0.229. The van der Waals surface area contributed by atoms with Crippen LogP contribution in [0.5, 0.6) is 0 Å². The minimum atomic E-state index is -1.26. The van der Waals surface area contributed by atoms with Gasteiger partial charge in [-0.2, -0.15) is 0 Å². The molecule has 1 aliphatic rings. The maximum atomic E-state index is 10.5. The SMILES string of the molecule is CN=C1CN(O)C(c2ccccc2)=c2cc(Cl)ccc2=N1.O=C(O)/C=C\C(=O)O. The van der Waals surface area contributed by atoms with Crippen molar-refractivity contribution in [3.8, 4) is 0 Å². The fourth-order valence-corrected chi connectivity index (χ4v) is 2.66. The molecule has 3 N–H and O–H groups in total. The van der Waals surface area contributed by atoms with Crippen molar-refractivity contribution in [2.75, 3.05) is 13.6 Å². The zero-order valence-electron chi connectivity index (χ0n) is 15.4. The van der Waals surface area contributed by atoms with E-state index in [0.29, 0.717) is 28.7 Å². The number of carbonyl (C=O) groups is 2. The van der Waals surface area contributed by atoms with Crippen molar-refractivity contribution in [1.29, 1.82) is 0 Å². The van der Waals surface area contributed by atoms with Gasteiger partial charge in [-0.1, -0.05) is 41.9 Å². The molecule has 0 aliphatic carbocycles. The lowest BCUT2D eigenvalue weighted by molar-refractivity contribution is -0.134. The van der Waals surface area contributed by atoms with Crippen LogP contribution >= 0.6 is 11.6 Å². The molecular weight excluding hydrogens is 398 g/mol. The van der Waals surface area contributed by atoms with Crippen LogP contribution in [-0.4, -0.2) is 51.9 Å². The largest absolute Gasteiger partial charge is 0.478 e. The van der Waals surface area contributed by atoms with Crippen LogP contribution in [0.3, 0.4) is 0 Å². The third-order valence-electron chi connectivity index (χ3n) is 3.69. The molecule has 3 rings (SSSR count). The fraction of sp³-hybridized carbons (Fsp3) is 0.100. The number of hydroxylamine groups is 2. The zero-order chi connectivity index (χ0) is 21.4. The average Bonchev–Trinajstić information content (AvgIpc) is 2.82. The molecule has 0 aromatic heterocycles. The molecule has 9 heteroatoms. The van der Waals surface area contributed by atoms with Crippen molar-refractivity contribution in [2.24, 2.45) is 9.98 Å². The van der Waals surface area contributed by atoms with E-state index < -0.39 is 11.9 Å². The van der Waals surface area contributed by atoms with Gasteiger partial charge in [-0.3, -0.25) is 10.2 Å². The van der Waals surface area contributed by atoms with E-state index in [1.807, 2.05) is 42.5 Å². The van der Waals surface area contributed by atoms with Crippen LogP contribution in [0, 0.1) is 0 Å². The summed E-state index contributed by atoms with van der Waals surface area (Å²) in [7, 11) is 1.66.